The Morgan fingerprint density at radius 1 is 1.33 bits per heavy atom. The molecule has 1 heterocycles. The first-order valence-corrected chi connectivity index (χ1v) is 7.36. The van der Waals surface area contributed by atoms with Crippen molar-refractivity contribution >= 4 is 17.7 Å². The summed E-state index contributed by atoms with van der Waals surface area (Å²) in [4.78, 5) is 13.1. The number of nitrogens with zero attached hydrogens (tertiary/aromatic N) is 5. The third-order valence-electron chi connectivity index (χ3n) is 2.80. The van der Waals surface area contributed by atoms with Crippen molar-refractivity contribution in [2.45, 2.75) is 11.6 Å². The number of methoxy groups -OCH3 is 1. The SMILES string of the molecule is COc1ccc(-n2nnnc2SCCC(=O)N(C)C)cc1. The summed E-state index contributed by atoms with van der Waals surface area (Å²) in [6.07, 6.45) is 0.452. The van der Waals surface area contributed by atoms with Gasteiger partial charge in [-0.05, 0) is 34.7 Å². The zero-order valence-electron chi connectivity index (χ0n) is 12.2. The standard InChI is InChI=1S/C13H17N5O2S/c1-17(2)12(19)8-9-21-13-14-15-16-18(13)10-4-6-11(20-3)7-5-10/h4-7H,8-9H2,1-3H3. The summed E-state index contributed by atoms with van der Waals surface area (Å²) in [7, 11) is 5.11. The van der Waals surface area contributed by atoms with Gasteiger partial charge in [0.1, 0.15) is 5.75 Å². The number of thioether (sulfide) groups is 1. The highest BCUT2D eigenvalue weighted by Gasteiger charge is 2.11. The van der Waals surface area contributed by atoms with E-state index in [0.29, 0.717) is 17.3 Å². The first kappa shape index (κ1) is 15.3. The fourth-order valence-corrected chi connectivity index (χ4v) is 2.43. The van der Waals surface area contributed by atoms with Gasteiger partial charge < -0.3 is 9.64 Å². The van der Waals surface area contributed by atoms with Gasteiger partial charge in [-0.2, -0.15) is 4.68 Å². The van der Waals surface area contributed by atoms with Crippen LogP contribution in [0.15, 0.2) is 29.4 Å². The number of tetrazole rings is 1. The van der Waals surface area contributed by atoms with Gasteiger partial charge in [-0.25, -0.2) is 0 Å². The second-order valence-corrected chi connectivity index (χ2v) is 5.52. The van der Waals surface area contributed by atoms with Crippen molar-refractivity contribution in [2.24, 2.45) is 0 Å². The number of rotatable bonds is 6. The highest BCUT2D eigenvalue weighted by molar-refractivity contribution is 7.99. The Balaban J connectivity index is 2.02. The Hall–Kier alpha value is -2.09. The predicted molar refractivity (Wildman–Crippen MR) is 79.7 cm³/mol. The van der Waals surface area contributed by atoms with E-state index < -0.39 is 0 Å². The van der Waals surface area contributed by atoms with Crippen LogP contribution in [0.25, 0.3) is 5.69 Å². The largest absolute Gasteiger partial charge is 0.497 e. The first-order valence-electron chi connectivity index (χ1n) is 6.37. The summed E-state index contributed by atoms with van der Waals surface area (Å²) in [5, 5.41) is 12.3. The van der Waals surface area contributed by atoms with E-state index in [1.807, 2.05) is 24.3 Å². The number of benzene rings is 1. The Bertz CT molecular complexity index is 597. The van der Waals surface area contributed by atoms with E-state index in [9.17, 15) is 4.79 Å². The van der Waals surface area contributed by atoms with Crippen LogP contribution in [-0.4, -0.2) is 58.0 Å². The molecule has 0 fully saturated rings. The molecule has 0 atom stereocenters. The summed E-state index contributed by atoms with van der Waals surface area (Å²) in [5.74, 6) is 1.50. The van der Waals surface area contributed by atoms with Gasteiger partial charge in [0, 0.05) is 26.3 Å². The molecule has 0 aliphatic carbocycles. The van der Waals surface area contributed by atoms with Crippen molar-refractivity contribution in [2.75, 3.05) is 27.0 Å². The lowest BCUT2D eigenvalue weighted by Crippen LogP contribution is -2.21. The molecular weight excluding hydrogens is 290 g/mol. The number of hydrogen-bond donors (Lipinski definition) is 0. The smallest absolute Gasteiger partial charge is 0.222 e. The average Bonchev–Trinajstić information content (AvgIpc) is 2.95. The van der Waals surface area contributed by atoms with Crippen LogP contribution in [0.4, 0.5) is 0 Å². The maximum Gasteiger partial charge on any atom is 0.222 e. The van der Waals surface area contributed by atoms with E-state index in [4.69, 9.17) is 4.74 Å². The van der Waals surface area contributed by atoms with Gasteiger partial charge in [-0.3, -0.25) is 4.79 Å². The maximum atomic E-state index is 11.5. The zero-order valence-corrected chi connectivity index (χ0v) is 13.0. The zero-order chi connectivity index (χ0) is 15.2. The Morgan fingerprint density at radius 3 is 2.67 bits per heavy atom. The minimum absolute atomic E-state index is 0.0889. The van der Waals surface area contributed by atoms with Gasteiger partial charge in [-0.1, -0.05) is 11.8 Å². The molecule has 1 aromatic carbocycles. The van der Waals surface area contributed by atoms with Crippen LogP contribution in [0.2, 0.25) is 0 Å². The number of amides is 1. The van der Waals surface area contributed by atoms with Crippen molar-refractivity contribution in [1.82, 2.24) is 25.1 Å². The molecule has 0 aliphatic rings. The molecule has 0 radical (unpaired) electrons. The number of aromatic nitrogens is 4. The van der Waals surface area contributed by atoms with Crippen LogP contribution in [0, 0.1) is 0 Å². The third-order valence-corrected chi connectivity index (χ3v) is 3.72. The monoisotopic (exact) mass is 307 g/mol. The van der Waals surface area contributed by atoms with Gasteiger partial charge in [0.15, 0.2) is 0 Å². The number of hydrogen-bond acceptors (Lipinski definition) is 6. The lowest BCUT2D eigenvalue weighted by atomic mass is 10.3. The summed E-state index contributed by atoms with van der Waals surface area (Å²) in [6.45, 7) is 0. The molecule has 0 N–H and O–H groups in total. The van der Waals surface area contributed by atoms with E-state index in [1.165, 1.54) is 11.8 Å². The second kappa shape index (κ2) is 7.07. The summed E-state index contributed by atoms with van der Waals surface area (Å²) >= 11 is 1.45. The van der Waals surface area contributed by atoms with Crippen LogP contribution in [-0.2, 0) is 4.79 Å². The van der Waals surface area contributed by atoms with Crippen LogP contribution < -0.4 is 4.74 Å². The number of carbonyl (C=O) groups is 1. The number of ether oxygens (including phenoxy) is 1. The van der Waals surface area contributed by atoms with Crippen molar-refractivity contribution in [3.05, 3.63) is 24.3 Å². The van der Waals surface area contributed by atoms with Crippen LogP contribution in [0.1, 0.15) is 6.42 Å². The minimum Gasteiger partial charge on any atom is -0.497 e. The van der Waals surface area contributed by atoms with Crippen LogP contribution >= 0.6 is 11.8 Å². The van der Waals surface area contributed by atoms with Crippen LogP contribution in [0.3, 0.4) is 0 Å². The molecule has 0 unspecified atom stereocenters. The lowest BCUT2D eigenvalue weighted by molar-refractivity contribution is -0.128. The normalized spacial score (nSPS) is 10.4. The molecule has 8 heteroatoms. The van der Waals surface area contributed by atoms with E-state index in [-0.39, 0.29) is 5.91 Å². The quantitative estimate of drug-likeness (QED) is 0.748. The summed E-state index contributed by atoms with van der Waals surface area (Å²) < 4.78 is 6.77. The molecule has 112 valence electrons. The Labute approximate surface area is 127 Å². The minimum atomic E-state index is 0.0889. The van der Waals surface area contributed by atoms with Gasteiger partial charge in [0.2, 0.25) is 11.1 Å². The first-order chi connectivity index (χ1) is 10.1. The average molecular weight is 307 g/mol. The molecule has 0 saturated carbocycles. The molecule has 2 aromatic rings. The topological polar surface area (TPSA) is 73.1 Å². The van der Waals surface area contributed by atoms with E-state index in [2.05, 4.69) is 15.5 Å². The summed E-state index contributed by atoms with van der Waals surface area (Å²) in [6, 6.07) is 7.45. The maximum absolute atomic E-state index is 11.5. The fourth-order valence-electron chi connectivity index (χ4n) is 1.61. The van der Waals surface area contributed by atoms with Crippen molar-refractivity contribution in [3.8, 4) is 11.4 Å². The van der Waals surface area contributed by atoms with Crippen molar-refractivity contribution in [3.63, 3.8) is 0 Å². The Morgan fingerprint density at radius 2 is 2.05 bits per heavy atom. The fraction of sp³-hybridized carbons (Fsp3) is 0.385. The second-order valence-electron chi connectivity index (χ2n) is 4.46. The molecule has 0 spiro atoms. The summed E-state index contributed by atoms with van der Waals surface area (Å²) in [5.41, 5.74) is 0.849. The van der Waals surface area contributed by atoms with E-state index >= 15 is 0 Å². The highest BCUT2D eigenvalue weighted by atomic mass is 32.2. The van der Waals surface area contributed by atoms with E-state index in [0.717, 1.165) is 11.4 Å². The molecule has 21 heavy (non-hydrogen) atoms. The van der Waals surface area contributed by atoms with E-state index in [1.54, 1.807) is 30.8 Å². The molecule has 2 rings (SSSR count). The third kappa shape index (κ3) is 3.94. The van der Waals surface area contributed by atoms with Crippen molar-refractivity contribution in [1.29, 1.82) is 0 Å². The molecular formula is C13H17N5O2S. The van der Waals surface area contributed by atoms with Crippen molar-refractivity contribution < 1.29 is 9.53 Å². The molecule has 1 aromatic heterocycles. The van der Waals surface area contributed by atoms with Crippen LogP contribution in [0.5, 0.6) is 5.75 Å². The lowest BCUT2D eigenvalue weighted by Gasteiger charge is -2.09. The molecule has 0 aliphatic heterocycles. The molecule has 0 saturated heterocycles. The van der Waals surface area contributed by atoms with Gasteiger partial charge >= 0.3 is 0 Å². The molecule has 0 bridgehead atoms. The number of carbonyl (C=O) groups excluding carboxylic acids is 1. The predicted octanol–water partition coefficient (Wildman–Crippen LogP) is 1.24. The van der Waals surface area contributed by atoms with Gasteiger partial charge in [0.25, 0.3) is 0 Å². The highest BCUT2D eigenvalue weighted by Crippen LogP contribution is 2.20. The molecule has 1 amide bonds. The molecule has 7 nitrogen and oxygen atoms in total. The van der Waals surface area contributed by atoms with Gasteiger partial charge in [0.05, 0.1) is 12.8 Å². The van der Waals surface area contributed by atoms with Gasteiger partial charge in [-0.15, -0.1) is 5.10 Å². The Kier molecular flexibility index (Phi) is 5.15.